The fourth-order valence-corrected chi connectivity index (χ4v) is 4.50. The zero-order valence-electron chi connectivity index (χ0n) is 20.7. The van der Waals surface area contributed by atoms with Gasteiger partial charge in [0.15, 0.2) is 0 Å². The van der Waals surface area contributed by atoms with E-state index in [0.29, 0.717) is 19.6 Å². The molecule has 0 saturated carbocycles. The molecule has 0 bridgehead atoms. The molecule has 0 radical (unpaired) electrons. The minimum Gasteiger partial charge on any atom is -0.492 e. The van der Waals surface area contributed by atoms with Gasteiger partial charge in [0, 0.05) is 19.3 Å². The molecule has 182 valence electrons. The third-order valence-electron chi connectivity index (χ3n) is 6.53. The van der Waals surface area contributed by atoms with Gasteiger partial charge in [-0.3, -0.25) is 9.58 Å². The van der Waals surface area contributed by atoms with Crippen LogP contribution in [-0.4, -0.2) is 51.7 Å². The lowest BCUT2D eigenvalue weighted by Crippen LogP contribution is -2.37. The molecule has 6 heteroatoms. The summed E-state index contributed by atoms with van der Waals surface area (Å²) in [5.41, 5.74) is 3.83. The first-order valence-corrected chi connectivity index (χ1v) is 12.3. The zero-order chi connectivity index (χ0) is 24.0. The fourth-order valence-electron chi connectivity index (χ4n) is 4.50. The first kappa shape index (κ1) is 24.3. The quantitative estimate of drug-likeness (QED) is 0.499. The van der Waals surface area contributed by atoms with Crippen LogP contribution in [0.4, 0.5) is 0 Å². The van der Waals surface area contributed by atoms with Crippen molar-refractivity contribution in [3.8, 4) is 11.5 Å². The fraction of sp³-hybridized carbons (Fsp3) is 0.464. The number of nitrogens with zero attached hydrogens (tertiary/aromatic N) is 3. The molecule has 6 nitrogen and oxygen atoms in total. The summed E-state index contributed by atoms with van der Waals surface area (Å²) in [5.74, 6) is 1.74. The van der Waals surface area contributed by atoms with Gasteiger partial charge >= 0.3 is 0 Å². The van der Waals surface area contributed by atoms with E-state index in [9.17, 15) is 5.11 Å². The third-order valence-corrected chi connectivity index (χ3v) is 6.53. The maximum Gasteiger partial charge on any atom is 0.122 e. The number of likely N-dealkylation sites (tertiary alicyclic amines) is 1. The van der Waals surface area contributed by atoms with Crippen LogP contribution >= 0.6 is 0 Å². The van der Waals surface area contributed by atoms with E-state index in [0.717, 1.165) is 61.8 Å². The molecule has 1 aromatic heterocycles. The number of aryl methyl sites for hydroxylation is 3. The number of benzene rings is 2. The van der Waals surface area contributed by atoms with Gasteiger partial charge < -0.3 is 14.6 Å². The molecule has 1 atom stereocenters. The van der Waals surface area contributed by atoms with Gasteiger partial charge in [-0.2, -0.15) is 5.10 Å². The summed E-state index contributed by atoms with van der Waals surface area (Å²) < 4.78 is 13.8. The maximum atomic E-state index is 11.2. The molecular weight excluding hydrogens is 426 g/mol. The van der Waals surface area contributed by atoms with Gasteiger partial charge in [0.2, 0.25) is 0 Å². The average molecular weight is 464 g/mol. The largest absolute Gasteiger partial charge is 0.492 e. The number of ether oxygens (including phenoxy) is 2. The van der Waals surface area contributed by atoms with Crippen LogP contribution in [0, 0.1) is 20.8 Å². The van der Waals surface area contributed by atoms with Crippen LogP contribution in [0.3, 0.4) is 0 Å². The standard InChI is InChI=1S/C28H37N3O3/c1-22-5-10-27(23(2)19-22)34-21-28(32)12-4-14-30(16-13-28)20-25-6-8-26(9-7-25)33-18-17-31-15-11-24(3)29-31/h5-11,15,19,32H,4,12-14,16-18,20-21H2,1-3H3. The minimum absolute atomic E-state index is 0.342. The van der Waals surface area contributed by atoms with Crippen LogP contribution in [0.15, 0.2) is 54.7 Å². The molecule has 2 heterocycles. The predicted molar refractivity (Wildman–Crippen MR) is 134 cm³/mol. The Morgan fingerprint density at radius 3 is 2.53 bits per heavy atom. The van der Waals surface area contributed by atoms with Crippen molar-refractivity contribution in [3.63, 3.8) is 0 Å². The van der Waals surface area contributed by atoms with Crippen LogP contribution in [0.2, 0.25) is 0 Å². The summed E-state index contributed by atoms with van der Waals surface area (Å²) in [6.07, 6.45) is 4.41. The lowest BCUT2D eigenvalue weighted by molar-refractivity contribution is -0.0170. The van der Waals surface area contributed by atoms with E-state index in [2.05, 4.69) is 48.1 Å². The molecule has 0 spiro atoms. The van der Waals surface area contributed by atoms with Crippen molar-refractivity contribution >= 4 is 0 Å². The van der Waals surface area contributed by atoms with Gasteiger partial charge in [-0.25, -0.2) is 0 Å². The van der Waals surface area contributed by atoms with Gasteiger partial charge in [0.1, 0.15) is 24.7 Å². The van der Waals surface area contributed by atoms with E-state index in [4.69, 9.17) is 9.47 Å². The average Bonchev–Trinajstić information content (AvgIpc) is 3.13. The van der Waals surface area contributed by atoms with Crippen LogP contribution < -0.4 is 9.47 Å². The molecule has 34 heavy (non-hydrogen) atoms. The van der Waals surface area contributed by atoms with E-state index in [1.54, 1.807) is 0 Å². The highest BCUT2D eigenvalue weighted by molar-refractivity contribution is 5.35. The minimum atomic E-state index is -0.781. The van der Waals surface area contributed by atoms with Gasteiger partial charge in [-0.15, -0.1) is 0 Å². The first-order chi connectivity index (χ1) is 16.4. The molecule has 1 aliphatic rings. The van der Waals surface area contributed by atoms with E-state index >= 15 is 0 Å². The number of rotatable bonds is 9. The van der Waals surface area contributed by atoms with Crippen molar-refractivity contribution in [2.45, 2.75) is 58.7 Å². The van der Waals surface area contributed by atoms with Gasteiger partial charge in [-0.1, -0.05) is 29.8 Å². The van der Waals surface area contributed by atoms with Crippen LogP contribution in [-0.2, 0) is 13.1 Å². The highest BCUT2D eigenvalue weighted by atomic mass is 16.5. The number of aromatic nitrogens is 2. The third kappa shape index (κ3) is 6.84. The van der Waals surface area contributed by atoms with Crippen molar-refractivity contribution in [2.75, 3.05) is 26.3 Å². The molecule has 0 amide bonds. The van der Waals surface area contributed by atoms with E-state index < -0.39 is 5.60 Å². The van der Waals surface area contributed by atoms with E-state index in [1.165, 1.54) is 11.1 Å². The monoisotopic (exact) mass is 463 g/mol. The Bertz CT molecular complexity index is 1060. The lowest BCUT2D eigenvalue weighted by atomic mass is 9.96. The molecule has 1 fully saturated rings. The van der Waals surface area contributed by atoms with Gasteiger partial charge in [0.05, 0.1) is 17.8 Å². The predicted octanol–water partition coefficient (Wildman–Crippen LogP) is 4.68. The van der Waals surface area contributed by atoms with Crippen LogP contribution in [0.25, 0.3) is 0 Å². The maximum absolute atomic E-state index is 11.2. The normalized spacial score (nSPS) is 19.1. The molecule has 1 N–H and O–H groups in total. The Balaban J connectivity index is 1.23. The van der Waals surface area contributed by atoms with Crippen molar-refractivity contribution in [3.05, 3.63) is 77.1 Å². The topological polar surface area (TPSA) is 59.8 Å². The second kappa shape index (κ2) is 11.1. The molecule has 3 aromatic rings. The van der Waals surface area contributed by atoms with Crippen molar-refractivity contribution in [1.29, 1.82) is 0 Å². The summed E-state index contributed by atoms with van der Waals surface area (Å²) >= 11 is 0. The smallest absolute Gasteiger partial charge is 0.122 e. The summed E-state index contributed by atoms with van der Waals surface area (Å²) in [5, 5.41) is 15.5. The summed E-state index contributed by atoms with van der Waals surface area (Å²) in [7, 11) is 0. The summed E-state index contributed by atoms with van der Waals surface area (Å²) in [4.78, 5) is 2.42. The zero-order valence-corrected chi connectivity index (χ0v) is 20.7. The SMILES string of the molecule is Cc1ccc(OCC2(O)CCCN(Cc3ccc(OCCn4ccc(C)n4)cc3)CC2)c(C)c1. The second-order valence-corrected chi connectivity index (χ2v) is 9.62. The summed E-state index contributed by atoms with van der Waals surface area (Å²) in [6, 6.07) is 16.5. The molecule has 1 saturated heterocycles. The van der Waals surface area contributed by atoms with Crippen molar-refractivity contribution < 1.29 is 14.6 Å². The first-order valence-electron chi connectivity index (χ1n) is 12.3. The van der Waals surface area contributed by atoms with Crippen LogP contribution in [0.5, 0.6) is 11.5 Å². The van der Waals surface area contributed by atoms with Gasteiger partial charge in [0.25, 0.3) is 0 Å². The Kier molecular flexibility index (Phi) is 7.91. The van der Waals surface area contributed by atoms with E-state index in [-0.39, 0.29) is 0 Å². The molecule has 1 aliphatic heterocycles. The van der Waals surface area contributed by atoms with Gasteiger partial charge in [-0.05, 0) is 82.0 Å². The van der Waals surface area contributed by atoms with Crippen molar-refractivity contribution in [1.82, 2.24) is 14.7 Å². The number of aliphatic hydroxyl groups is 1. The van der Waals surface area contributed by atoms with Crippen LogP contribution in [0.1, 0.15) is 41.6 Å². The molecule has 1 unspecified atom stereocenters. The Morgan fingerprint density at radius 2 is 1.79 bits per heavy atom. The molecule has 0 aliphatic carbocycles. The summed E-state index contributed by atoms with van der Waals surface area (Å²) in [6.45, 7) is 10.5. The molecular formula is C28H37N3O3. The molecule has 4 rings (SSSR count). The Morgan fingerprint density at radius 1 is 0.971 bits per heavy atom. The number of hydrogen-bond acceptors (Lipinski definition) is 5. The number of hydrogen-bond donors (Lipinski definition) is 1. The highest BCUT2D eigenvalue weighted by Gasteiger charge is 2.31. The highest BCUT2D eigenvalue weighted by Crippen LogP contribution is 2.26. The lowest BCUT2D eigenvalue weighted by Gasteiger charge is -2.27. The Hall–Kier alpha value is -2.83. The molecule has 2 aromatic carbocycles. The second-order valence-electron chi connectivity index (χ2n) is 9.62. The Labute approximate surface area is 203 Å². The van der Waals surface area contributed by atoms with Crippen molar-refractivity contribution in [2.24, 2.45) is 0 Å². The van der Waals surface area contributed by atoms with E-state index in [1.807, 2.05) is 42.1 Å².